The third kappa shape index (κ3) is 25.4. The molecule has 0 radical (unpaired) electrons. The van der Waals surface area contributed by atoms with Gasteiger partial charge < -0.3 is 68.7 Å². The molecular weight excluding hydrogens is 1250 g/mol. The summed E-state index contributed by atoms with van der Waals surface area (Å²) >= 11 is 0. The van der Waals surface area contributed by atoms with Crippen LogP contribution in [0.4, 0.5) is 30.6 Å². The lowest BCUT2D eigenvalue weighted by molar-refractivity contribution is -0.140. The van der Waals surface area contributed by atoms with Gasteiger partial charge in [0.25, 0.3) is 10.9 Å². The molecule has 30 nitrogen and oxygen atoms in total. The number of hydrogen-bond donors (Lipinski definition) is 14. The van der Waals surface area contributed by atoms with Crippen LogP contribution in [-0.2, 0) is 53.2 Å². The number of anilines is 3. The molecule has 15 N–H and O–H groups in total. The van der Waals surface area contributed by atoms with Crippen LogP contribution in [0.15, 0.2) is 75.2 Å². The number of fused-ring (bicyclic) bond motifs is 1. The first-order valence-corrected chi connectivity index (χ1v) is 32.2. The number of rotatable bonds is 37. The second kappa shape index (κ2) is 39.5. The molecule has 0 bridgehead atoms. The number of phenols is 1. The van der Waals surface area contributed by atoms with Gasteiger partial charge in [0.15, 0.2) is 5.96 Å². The van der Waals surface area contributed by atoms with Gasteiger partial charge in [-0.15, -0.1) is 0 Å². The Labute approximate surface area is 554 Å². The highest BCUT2D eigenvalue weighted by molar-refractivity contribution is 5.95. The number of carbonyl (C=O) groups is 8. The van der Waals surface area contributed by atoms with Crippen LogP contribution < -0.4 is 64.4 Å². The number of carboxylic acids is 3. The van der Waals surface area contributed by atoms with Crippen molar-refractivity contribution in [2.45, 2.75) is 90.0 Å². The Balaban J connectivity index is 0.955. The fourth-order valence-electron chi connectivity index (χ4n) is 11.1. The number of aliphatic imine (C=N–C) groups is 1. The summed E-state index contributed by atoms with van der Waals surface area (Å²) < 4.78 is 29.5. The predicted octanol–water partition coefficient (Wildman–Crippen LogP) is 0.523. The van der Waals surface area contributed by atoms with Crippen LogP contribution in [0, 0.1) is 11.6 Å². The number of halogens is 2. The van der Waals surface area contributed by atoms with Crippen LogP contribution >= 0.6 is 0 Å². The molecule has 4 aromatic rings. The summed E-state index contributed by atoms with van der Waals surface area (Å²) in [5, 5.41) is 63.7. The summed E-state index contributed by atoms with van der Waals surface area (Å²) in [6.45, 7) is 5.22. The minimum Gasteiger partial charge on any atom is -0.508 e. The van der Waals surface area contributed by atoms with E-state index in [-0.39, 0.29) is 120 Å². The largest absolute Gasteiger partial charge is 0.508 e. The third-order valence-electron chi connectivity index (χ3n) is 16.1. The van der Waals surface area contributed by atoms with E-state index < -0.39 is 88.2 Å². The zero-order chi connectivity index (χ0) is 69.5. The number of nitrogens with two attached hydrogens (primary N) is 1. The van der Waals surface area contributed by atoms with Crippen molar-refractivity contribution in [2.75, 3.05) is 140 Å². The Morgan fingerprint density at radius 1 is 0.583 bits per heavy atom. The highest BCUT2D eigenvalue weighted by atomic mass is 19.1. The molecule has 4 aromatic carbocycles. The van der Waals surface area contributed by atoms with Gasteiger partial charge in [0.1, 0.15) is 40.8 Å². The number of carbonyl (C=O) groups excluding carboxylic acids is 5. The Morgan fingerprint density at radius 3 is 1.69 bits per heavy atom. The predicted molar refractivity (Wildman–Crippen MR) is 354 cm³/mol. The molecule has 1 saturated heterocycles. The second-order valence-corrected chi connectivity index (χ2v) is 23.4. The lowest BCUT2D eigenvalue weighted by Gasteiger charge is -2.32. The maximum Gasteiger partial charge on any atom is 0.321 e. The number of hydrogen-bond acceptors (Lipinski definition) is 20. The van der Waals surface area contributed by atoms with Crippen molar-refractivity contribution in [1.29, 1.82) is 0 Å². The van der Waals surface area contributed by atoms with Gasteiger partial charge in [-0.05, 0) is 54.9 Å². The van der Waals surface area contributed by atoms with Crippen LogP contribution in [0.5, 0.6) is 5.75 Å². The summed E-state index contributed by atoms with van der Waals surface area (Å²) in [5.74, 6) is -7.90. The first-order valence-electron chi connectivity index (χ1n) is 32.2. The van der Waals surface area contributed by atoms with E-state index in [1.54, 1.807) is 52.0 Å². The van der Waals surface area contributed by atoms with E-state index in [0.29, 0.717) is 102 Å². The number of phenolic OH excluding ortho intramolecular Hbond substituents is 1. The normalized spacial score (nSPS) is 15.2. The molecular formula is C64H90F2N16O14. The minimum atomic E-state index is -1.25. The maximum absolute atomic E-state index is 14.8. The summed E-state index contributed by atoms with van der Waals surface area (Å²) in [7, 11) is 0. The van der Waals surface area contributed by atoms with Gasteiger partial charge in [0.2, 0.25) is 23.6 Å². The van der Waals surface area contributed by atoms with Crippen LogP contribution in [-0.4, -0.2) is 229 Å². The van der Waals surface area contributed by atoms with Crippen molar-refractivity contribution in [2.24, 2.45) is 10.7 Å². The zero-order valence-corrected chi connectivity index (χ0v) is 54.0. The maximum atomic E-state index is 14.8. The molecule has 6 rings (SSSR count). The third-order valence-corrected chi connectivity index (χ3v) is 16.1. The fourth-order valence-corrected chi connectivity index (χ4v) is 11.1. The van der Waals surface area contributed by atoms with Gasteiger partial charge in [0.05, 0.1) is 26.2 Å². The summed E-state index contributed by atoms with van der Waals surface area (Å²) in [6, 6.07) is 13.3. The SMILES string of the molecule is CCC(=O)NCCNC(=O)NC(N)=NCCC[C@@H](NC(=O)[C@H](c1ccccc1)N1Cc2cccc(NCCCNc3c(NCCCCCCNC(=O)CN4CCN(CC(=O)O)CCN(CC(=O)O)CCN(CC(=O)O)CC4)c(=O)c3=O)c2C1)C(=O)NCc1c(F)cc(O)cc1F. The first kappa shape index (κ1) is 75.7. The van der Waals surface area contributed by atoms with Crippen LogP contribution in [0.3, 0.4) is 0 Å². The number of aromatic hydroxyl groups is 1. The minimum absolute atomic E-state index is 0.00378. The molecule has 2 aliphatic rings. The van der Waals surface area contributed by atoms with E-state index in [0.717, 1.165) is 29.7 Å². The molecule has 32 heteroatoms. The number of benzene rings is 3. The highest BCUT2D eigenvalue weighted by Gasteiger charge is 2.35. The number of unbranched alkanes of at least 4 members (excludes halogenated alkanes) is 3. The molecule has 524 valence electrons. The summed E-state index contributed by atoms with van der Waals surface area (Å²) in [5.41, 5.74) is 7.95. The van der Waals surface area contributed by atoms with Crippen LogP contribution in [0.1, 0.15) is 86.6 Å². The number of aliphatic carboxylic acids is 3. The van der Waals surface area contributed by atoms with E-state index in [1.807, 2.05) is 28.0 Å². The standard InChI is InChI=1S/C64H90F2N16O14/c1-2-51(84)70-23-24-74-64(96)77-63(67)73-20-11-17-50(61(94)75-35-45-47(65)33-44(83)34-48(45)66)76-62(95)58(42-13-6-5-7-14-42)82-36-43-15-10-16-49(46(43)37-82)68-21-12-22-72-57-56(59(92)60(57)93)71-19-9-4-3-8-18-69-52(85)38-78-25-27-79(39-53(86)87)29-31-81(41-55(90)91)32-30-80(28-26-78)40-54(88)89/h5-7,10,13-16,33-34,50,58,68,71-72,83H,2-4,8-9,11-12,17-32,35-41H2,1H3,(H,69,85)(H,70,84)(H,75,94)(H,76,95)(H,86,87)(H,88,89)(H,90,91)(H4,67,73,74,77,96)/t50-,58+/m1/s1. The van der Waals surface area contributed by atoms with Crippen molar-refractivity contribution in [1.82, 2.24) is 56.4 Å². The Kier molecular flexibility index (Phi) is 31.1. The number of urea groups is 1. The van der Waals surface area contributed by atoms with Crippen LogP contribution in [0.25, 0.3) is 0 Å². The second-order valence-electron chi connectivity index (χ2n) is 23.4. The van der Waals surface area contributed by atoms with Gasteiger partial charge in [0, 0.05) is 148 Å². The van der Waals surface area contributed by atoms with E-state index in [9.17, 15) is 77.2 Å². The lowest BCUT2D eigenvalue weighted by atomic mass is 10.0. The molecule has 1 fully saturated rings. The molecule has 2 atom stereocenters. The van der Waals surface area contributed by atoms with Gasteiger partial charge in [-0.3, -0.25) is 78.0 Å². The number of amides is 6. The molecule has 6 amide bonds. The van der Waals surface area contributed by atoms with Crippen molar-refractivity contribution in [3.05, 3.63) is 115 Å². The molecule has 2 aliphatic heterocycles. The number of carboxylic acid groups (broad SMARTS) is 3. The molecule has 0 unspecified atom stereocenters. The van der Waals surface area contributed by atoms with Gasteiger partial charge in [-0.1, -0.05) is 62.2 Å². The van der Waals surface area contributed by atoms with Gasteiger partial charge >= 0.3 is 23.9 Å². The van der Waals surface area contributed by atoms with Gasteiger partial charge in [-0.25, -0.2) is 13.6 Å². The topological polar surface area (TPSA) is 414 Å². The average molecular weight is 1350 g/mol. The molecule has 0 saturated carbocycles. The van der Waals surface area contributed by atoms with E-state index >= 15 is 0 Å². The molecule has 0 aliphatic carbocycles. The Bertz CT molecular complexity index is 3320. The monoisotopic (exact) mass is 1340 g/mol. The Morgan fingerprint density at radius 2 is 1.11 bits per heavy atom. The quantitative estimate of drug-likeness (QED) is 0.0127. The lowest BCUT2D eigenvalue weighted by Crippen LogP contribution is -2.50. The molecule has 96 heavy (non-hydrogen) atoms. The number of guanidine groups is 1. The first-order chi connectivity index (χ1) is 46.1. The van der Waals surface area contributed by atoms with Crippen molar-refractivity contribution < 1.29 is 67.6 Å². The number of nitrogens with zero attached hydrogens (tertiary/aromatic N) is 6. The van der Waals surface area contributed by atoms with Gasteiger partial charge in [-0.2, -0.15) is 0 Å². The van der Waals surface area contributed by atoms with Crippen LogP contribution in [0.2, 0.25) is 0 Å². The van der Waals surface area contributed by atoms with E-state index in [1.165, 1.54) is 0 Å². The number of nitrogens with one attached hydrogen (secondary N) is 9. The summed E-state index contributed by atoms with van der Waals surface area (Å²) in [4.78, 5) is 139. The highest BCUT2D eigenvalue weighted by Crippen LogP contribution is 2.36. The molecule has 0 aromatic heterocycles. The van der Waals surface area contributed by atoms with Crippen molar-refractivity contribution in [3.8, 4) is 5.75 Å². The smallest absolute Gasteiger partial charge is 0.321 e. The average Bonchev–Trinajstić information content (AvgIpc) is 1.49. The molecule has 2 heterocycles. The van der Waals surface area contributed by atoms with E-state index in [2.05, 4.69) is 52.8 Å². The molecule has 0 spiro atoms. The Hall–Kier alpha value is -9.37. The van der Waals surface area contributed by atoms with E-state index in [4.69, 9.17) is 5.73 Å². The zero-order valence-electron chi connectivity index (χ0n) is 54.0. The van der Waals surface area contributed by atoms with Crippen molar-refractivity contribution in [3.63, 3.8) is 0 Å². The summed E-state index contributed by atoms with van der Waals surface area (Å²) in [6.07, 6.45) is 3.85. The fraction of sp³-hybridized carbons (Fsp3) is 0.516. The van der Waals surface area contributed by atoms with Crippen molar-refractivity contribution >= 4 is 70.6 Å².